The Labute approximate surface area is 110 Å². The average molecular weight is 292 g/mol. The maximum Gasteiger partial charge on any atom is 0.208 e. The van der Waals surface area contributed by atoms with E-state index in [0.29, 0.717) is 6.54 Å². The van der Waals surface area contributed by atoms with Gasteiger partial charge in [-0.3, -0.25) is 0 Å². The van der Waals surface area contributed by atoms with Crippen molar-refractivity contribution in [2.45, 2.75) is 13.5 Å². The van der Waals surface area contributed by atoms with Gasteiger partial charge in [0.1, 0.15) is 0 Å². The van der Waals surface area contributed by atoms with Crippen molar-refractivity contribution in [1.82, 2.24) is 10.3 Å². The van der Waals surface area contributed by atoms with Gasteiger partial charge in [-0.25, -0.2) is 26.9 Å². The number of aromatic nitrogens is 1. The van der Waals surface area contributed by atoms with Crippen LogP contribution in [0, 0.1) is 29.1 Å². The predicted octanol–water partition coefficient (Wildman–Crippen LogP) is 3.15. The van der Waals surface area contributed by atoms with Gasteiger partial charge in [0.15, 0.2) is 29.0 Å². The number of halogens is 5. The van der Waals surface area contributed by atoms with Crippen LogP contribution in [0.25, 0.3) is 11.3 Å². The van der Waals surface area contributed by atoms with Crippen LogP contribution in [0.4, 0.5) is 22.0 Å². The molecule has 1 heterocycles. The fraction of sp³-hybridized carbons (Fsp3) is 0.250. The van der Waals surface area contributed by atoms with Crippen molar-refractivity contribution < 1.29 is 26.4 Å². The van der Waals surface area contributed by atoms with Gasteiger partial charge >= 0.3 is 0 Å². The van der Waals surface area contributed by atoms with E-state index >= 15 is 0 Å². The molecule has 0 fully saturated rings. The molecule has 108 valence electrons. The lowest BCUT2D eigenvalue weighted by atomic mass is 10.1. The Bertz CT molecular complexity index is 612. The van der Waals surface area contributed by atoms with E-state index in [1.54, 1.807) is 0 Å². The topological polar surface area (TPSA) is 38.1 Å². The first-order chi connectivity index (χ1) is 9.47. The van der Waals surface area contributed by atoms with Gasteiger partial charge in [-0.1, -0.05) is 6.92 Å². The average Bonchev–Trinajstić information content (AvgIpc) is 2.89. The highest BCUT2D eigenvalue weighted by Gasteiger charge is 2.28. The van der Waals surface area contributed by atoms with Crippen molar-refractivity contribution in [3.63, 3.8) is 0 Å². The van der Waals surface area contributed by atoms with Crippen LogP contribution in [0.3, 0.4) is 0 Å². The summed E-state index contributed by atoms with van der Waals surface area (Å²) in [6.45, 7) is 2.58. The van der Waals surface area contributed by atoms with Gasteiger partial charge in [0.25, 0.3) is 0 Å². The monoisotopic (exact) mass is 292 g/mol. The Balaban J connectivity index is 2.50. The van der Waals surface area contributed by atoms with Crippen LogP contribution >= 0.6 is 0 Å². The van der Waals surface area contributed by atoms with E-state index in [1.807, 2.05) is 6.92 Å². The molecule has 0 saturated carbocycles. The lowest BCUT2D eigenvalue weighted by Gasteiger charge is -2.05. The maximum absolute atomic E-state index is 13.5. The maximum atomic E-state index is 13.5. The molecule has 0 radical (unpaired) electrons. The number of nitrogens with one attached hydrogen (secondary N) is 1. The van der Waals surface area contributed by atoms with Gasteiger partial charge in [-0.15, -0.1) is 0 Å². The summed E-state index contributed by atoms with van der Waals surface area (Å²) in [5, 5.41) is 2.84. The molecule has 0 saturated heterocycles. The predicted molar refractivity (Wildman–Crippen MR) is 59.1 cm³/mol. The second kappa shape index (κ2) is 5.58. The summed E-state index contributed by atoms with van der Waals surface area (Å²) in [6, 6.07) is 0. The summed E-state index contributed by atoms with van der Waals surface area (Å²) >= 11 is 0. The quantitative estimate of drug-likeness (QED) is 0.534. The van der Waals surface area contributed by atoms with Crippen molar-refractivity contribution in [2.24, 2.45) is 0 Å². The molecule has 0 amide bonds. The van der Waals surface area contributed by atoms with E-state index in [0.717, 1.165) is 6.20 Å². The number of hydrogen-bond acceptors (Lipinski definition) is 3. The second-order valence-electron chi connectivity index (χ2n) is 3.84. The van der Waals surface area contributed by atoms with Crippen LogP contribution in [0.1, 0.15) is 12.8 Å². The number of rotatable bonds is 4. The lowest BCUT2D eigenvalue weighted by molar-refractivity contribution is 0.377. The van der Waals surface area contributed by atoms with Gasteiger partial charge in [0.05, 0.1) is 18.3 Å². The minimum Gasteiger partial charge on any atom is -0.439 e. The first-order valence-corrected chi connectivity index (χ1v) is 5.64. The summed E-state index contributed by atoms with van der Waals surface area (Å²) in [5.41, 5.74) is -1.13. The molecule has 3 nitrogen and oxygen atoms in total. The molecule has 0 aliphatic carbocycles. The van der Waals surface area contributed by atoms with Crippen LogP contribution in [-0.4, -0.2) is 11.5 Å². The van der Waals surface area contributed by atoms with Crippen LogP contribution in [0.15, 0.2) is 10.6 Å². The van der Waals surface area contributed by atoms with Crippen molar-refractivity contribution >= 4 is 0 Å². The van der Waals surface area contributed by atoms with Crippen LogP contribution in [-0.2, 0) is 6.54 Å². The van der Waals surface area contributed by atoms with E-state index in [9.17, 15) is 22.0 Å². The zero-order chi connectivity index (χ0) is 14.9. The molecule has 0 unspecified atom stereocenters. The first-order valence-electron chi connectivity index (χ1n) is 5.64. The molecular weight excluding hydrogens is 283 g/mol. The van der Waals surface area contributed by atoms with E-state index in [-0.39, 0.29) is 12.4 Å². The fourth-order valence-corrected chi connectivity index (χ4v) is 1.56. The number of hydrogen-bond donors (Lipinski definition) is 1. The van der Waals surface area contributed by atoms with E-state index in [2.05, 4.69) is 10.3 Å². The normalized spacial score (nSPS) is 11.1. The minimum absolute atomic E-state index is 0.0748. The molecule has 0 atom stereocenters. The molecule has 8 heteroatoms. The third-order valence-electron chi connectivity index (χ3n) is 2.54. The molecule has 1 aromatic heterocycles. The molecular formula is C12H9F5N2O. The molecule has 0 spiro atoms. The summed E-state index contributed by atoms with van der Waals surface area (Å²) in [7, 11) is 0. The van der Waals surface area contributed by atoms with E-state index in [4.69, 9.17) is 4.42 Å². The molecule has 2 aromatic rings. The van der Waals surface area contributed by atoms with Crippen LogP contribution in [0.5, 0.6) is 0 Å². The van der Waals surface area contributed by atoms with Crippen LogP contribution < -0.4 is 5.32 Å². The van der Waals surface area contributed by atoms with Gasteiger partial charge < -0.3 is 9.73 Å². The van der Waals surface area contributed by atoms with Crippen LogP contribution in [0.2, 0.25) is 0 Å². The van der Waals surface area contributed by atoms with Crippen molar-refractivity contribution in [1.29, 1.82) is 0 Å². The fourth-order valence-electron chi connectivity index (χ4n) is 1.56. The Hall–Kier alpha value is -1.96. The third-order valence-corrected chi connectivity index (χ3v) is 2.54. The third kappa shape index (κ3) is 2.38. The van der Waals surface area contributed by atoms with Gasteiger partial charge in [0, 0.05) is 0 Å². The highest BCUT2D eigenvalue weighted by Crippen LogP contribution is 2.31. The number of benzene rings is 1. The minimum atomic E-state index is -2.21. The van der Waals surface area contributed by atoms with E-state index < -0.39 is 40.4 Å². The van der Waals surface area contributed by atoms with Crippen molar-refractivity contribution in [3.8, 4) is 11.3 Å². The summed E-state index contributed by atoms with van der Waals surface area (Å²) in [5.74, 6) is -10.6. The van der Waals surface area contributed by atoms with E-state index in [1.165, 1.54) is 0 Å². The SMILES string of the molecule is CCNCc1ncc(-c2c(F)c(F)c(F)c(F)c2F)o1. The van der Waals surface area contributed by atoms with Gasteiger partial charge in [0.2, 0.25) is 11.7 Å². The Morgan fingerprint density at radius 1 is 1.00 bits per heavy atom. The summed E-state index contributed by atoms with van der Waals surface area (Å²) < 4.78 is 71.1. The molecule has 0 aliphatic heterocycles. The molecule has 1 N–H and O–H groups in total. The molecule has 1 aromatic carbocycles. The number of oxazole rings is 1. The Morgan fingerprint density at radius 3 is 2.10 bits per heavy atom. The molecule has 0 bridgehead atoms. The highest BCUT2D eigenvalue weighted by atomic mass is 19.2. The Morgan fingerprint density at radius 2 is 1.55 bits per heavy atom. The zero-order valence-corrected chi connectivity index (χ0v) is 10.2. The first kappa shape index (κ1) is 14.4. The highest BCUT2D eigenvalue weighted by molar-refractivity contribution is 5.58. The number of nitrogens with zero attached hydrogens (tertiary/aromatic N) is 1. The zero-order valence-electron chi connectivity index (χ0n) is 10.2. The largest absolute Gasteiger partial charge is 0.439 e. The smallest absolute Gasteiger partial charge is 0.208 e. The van der Waals surface area contributed by atoms with Gasteiger partial charge in [-0.2, -0.15) is 0 Å². The van der Waals surface area contributed by atoms with Gasteiger partial charge in [-0.05, 0) is 6.54 Å². The summed E-state index contributed by atoms with van der Waals surface area (Å²) in [6.07, 6.45) is 0.908. The molecule has 2 rings (SSSR count). The Kier molecular flexibility index (Phi) is 4.03. The van der Waals surface area contributed by atoms with Crippen molar-refractivity contribution in [3.05, 3.63) is 41.2 Å². The molecule has 0 aliphatic rings. The molecule has 20 heavy (non-hydrogen) atoms. The lowest BCUT2D eigenvalue weighted by Crippen LogP contribution is -2.11. The second-order valence-corrected chi connectivity index (χ2v) is 3.84. The van der Waals surface area contributed by atoms with Crippen molar-refractivity contribution in [2.75, 3.05) is 6.54 Å². The summed E-state index contributed by atoms with van der Waals surface area (Å²) in [4.78, 5) is 3.69. The standard InChI is InChI=1S/C12H9F5N2O/c1-2-18-4-6-19-3-5(20-6)7-8(13)10(15)12(17)11(16)9(7)14/h3,18H,2,4H2,1H3.